The van der Waals surface area contributed by atoms with E-state index in [4.69, 9.17) is 23.2 Å². The van der Waals surface area contributed by atoms with E-state index in [-0.39, 0.29) is 10.0 Å². The average Bonchev–Trinajstić information content (AvgIpc) is 2.67. The highest BCUT2D eigenvalue weighted by Gasteiger charge is 2.24. The summed E-state index contributed by atoms with van der Waals surface area (Å²) in [5, 5.41) is 0.311. The molecule has 0 unspecified atom stereocenters. The lowest BCUT2D eigenvalue weighted by atomic mass is 9.79. The van der Waals surface area contributed by atoms with Crippen molar-refractivity contribution in [3.63, 3.8) is 0 Å². The van der Waals surface area contributed by atoms with E-state index in [9.17, 15) is 4.39 Å². The first-order chi connectivity index (χ1) is 12.6. The molecule has 2 fully saturated rings. The minimum atomic E-state index is -0.392. The second kappa shape index (κ2) is 9.61. The Balaban J connectivity index is 1.41. The predicted molar refractivity (Wildman–Crippen MR) is 110 cm³/mol. The van der Waals surface area contributed by atoms with Crippen LogP contribution in [0.25, 0.3) is 0 Å². The molecule has 1 heterocycles. The van der Waals surface area contributed by atoms with Crippen LogP contribution in [0, 0.1) is 17.7 Å². The molecule has 0 spiro atoms. The Morgan fingerprint density at radius 2 is 1.58 bits per heavy atom. The highest BCUT2D eigenvalue weighted by atomic mass is 35.5. The van der Waals surface area contributed by atoms with E-state index in [1.54, 1.807) is 12.1 Å². The molecule has 1 aliphatic carbocycles. The van der Waals surface area contributed by atoms with Crippen molar-refractivity contribution in [2.75, 3.05) is 37.6 Å². The maximum absolute atomic E-state index is 14.3. The lowest BCUT2D eigenvalue weighted by molar-refractivity contribution is 0.200. The number of nitrogens with zero attached hydrogens (tertiary/aromatic N) is 2. The quantitative estimate of drug-likeness (QED) is 0.520. The molecular weight excluding hydrogens is 370 g/mol. The Bertz CT molecular complexity index is 580. The summed E-state index contributed by atoms with van der Waals surface area (Å²) in [5.74, 6) is 1.51. The van der Waals surface area contributed by atoms with E-state index in [0.717, 1.165) is 38.0 Å². The second-order valence-electron chi connectivity index (χ2n) is 7.99. The zero-order chi connectivity index (χ0) is 18.5. The molecule has 146 valence electrons. The molecular formula is C21H31Cl2FN2. The molecule has 0 N–H and O–H groups in total. The monoisotopic (exact) mass is 400 g/mol. The zero-order valence-electron chi connectivity index (χ0n) is 15.8. The Kier molecular flexibility index (Phi) is 7.48. The molecule has 5 heteroatoms. The van der Waals surface area contributed by atoms with Crippen molar-refractivity contribution in [2.45, 2.75) is 51.9 Å². The van der Waals surface area contributed by atoms with Gasteiger partial charge in [-0.1, -0.05) is 68.7 Å². The Hall–Kier alpha value is -0.510. The van der Waals surface area contributed by atoms with Gasteiger partial charge in [-0.3, -0.25) is 4.90 Å². The molecule has 0 radical (unpaired) electrons. The van der Waals surface area contributed by atoms with Crippen LogP contribution >= 0.6 is 23.2 Å². The third kappa shape index (κ3) is 5.05. The number of anilines is 1. The van der Waals surface area contributed by atoms with Crippen LogP contribution in [0.2, 0.25) is 10.0 Å². The summed E-state index contributed by atoms with van der Waals surface area (Å²) in [7, 11) is 0. The number of piperazine rings is 1. The van der Waals surface area contributed by atoms with Crippen LogP contribution in [0.15, 0.2) is 12.1 Å². The van der Waals surface area contributed by atoms with Crippen LogP contribution in [0.1, 0.15) is 51.9 Å². The first-order valence-corrected chi connectivity index (χ1v) is 10.9. The van der Waals surface area contributed by atoms with Crippen LogP contribution < -0.4 is 4.90 Å². The Morgan fingerprint density at radius 1 is 0.962 bits per heavy atom. The maximum Gasteiger partial charge on any atom is 0.166 e. The average molecular weight is 401 g/mol. The summed E-state index contributed by atoms with van der Waals surface area (Å²) in [6.45, 7) is 7.16. The van der Waals surface area contributed by atoms with Gasteiger partial charge in [0.15, 0.2) is 5.82 Å². The van der Waals surface area contributed by atoms with Gasteiger partial charge in [0.25, 0.3) is 0 Å². The van der Waals surface area contributed by atoms with Gasteiger partial charge in [-0.25, -0.2) is 4.39 Å². The van der Waals surface area contributed by atoms with Crippen molar-refractivity contribution in [2.24, 2.45) is 11.8 Å². The van der Waals surface area contributed by atoms with Crippen molar-refractivity contribution >= 4 is 28.9 Å². The van der Waals surface area contributed by atoms with Gasteiger partial charge in [-0.2, -0.15) is 0 Å². The smallest absolute Gasteiger partial charge is 0.166 e. The van der Waals surface area contributed by atoms with Gasteiger partial charge in [0.05, 0.1) is 15.7 Å². The van der Waals surface area contributed by atoms with Gasteiger partial charge < -0.3 is 4.90 Å². The first-order valence-electron chi connectivity index (χ1n) is 10.2. The van der Waals surface area contributed by atoms with E-state index in [1.165, 1.54) is 51.5 Å². The number of halogens is 3. The second-order valence-corrected chi connectivity index (χ2v) is 8.77. The summed E-state index contributed by atoms with van der Waals surface area (Å²) in [4.78, 5) is 4.62. The molecule has 0 bridgehead atoms. The number of hydrogen-bond acceptors (Lipinski definition) is 2. The molecule has 2 aliphatic rings. The summed E-state index contributed by atoms with van der Waals surface area (Å²) < 4.78 is 14.3. The van der Waals surface area contributed by atoms with Crippen molar-refractivity contribution in [3.05, 3.63) is 28.0 Å². The third-order valence-electron chi connectivity index (χ3n) is 6.24. The van der Waals surface area contributed by atoms with Crippen LogP contribution in [-0.4, -0.2) is 37.6 Å². The van der Waals surface area contributed by atoms with E-state index >= 15 is 0 Å². The molecule has 1 saturated heterocycles. The fourth-order valence-electron chi connectivity index (χ4n) is 4.55. The minimum Gasteiger partial charge on any atom is -0.367 e. The molecule has 1 saturated carbocycles. The van der Waals surface area contributed by atoms with E-state index < -0.39 is 5.82 Å². The topological polar surface area (TPSA) is 6.48 Å². The highest BCUT2D eigenvalue weighted by molar-refractivity contribution is 6.42. The molecule has 3 rings (SSSR count). The third-order valence-corrected chi connectivity index (χ3v) is 7.03. The van der Waals surface area contributed by atoms with Crippen molar-refractivity contribution in [1.29, 1.82) is 0 Å². The highest BCUT2D eigenvalue weighted by Crippen LogP contribution is 2.34. The maximum atomic E-state index is 14.3. The standard InChI is InChI=1S/C21H31Cl2FN2/c1-2-3-16-4-6-17(7-5-16)10-11-25-12-14-26(15-13-25)19-9-8-18(22)20(23)21(19)24/h8-9,16-17H,2-7,10-15H2,1H3/t16-,17-. The first kappa shape index (κ1) is 20.2. The van der Waals surface area contributed by atoms with E-state index in [0.29, 0.717) is 5.69 Å². The van der Waals surface area contributed by atoms with Crippen LogP contribution in [0.4, 0.5) is 10.1 Å². The zero-order valence-corrected chi connectivity index (χ0v) is 17.3. The van der Waals surface area contributed by atoms with Crippen LogP contribution in [-0.2, 0) is 0 Å². The van der Waals surface area contributed by atoms with Crippen LogP contribution in [0.5, 0.6) is 0 Å². The normalized spacial score (nSPS) is 24.8. The minimum absolute atomic E-state index is 0.0327. The molecule has 2 nitrogen and oxygen atoms in total. The number of hydrogen-bond donors (Lipinski definition) is 0. The molecule has 0 amide bonds. The lowest BCUT2D eigenvalue weighted by Gasteiger charge is -2.37. The largest absolute Gasteiger partial charge is 0.367 e. The van der Waals surface area contributed by atoms with E-state index in [1.807, 2.05) is 0 Å². The molecule has 0 aromatic heterocycles. The summed E-state index contributed by atoms with van der Waals surface area (Å²) in [6.07, 6.45) is 9.77. The number of benzene rings is 1. The molecule has 1 aliphatic heterocycles. The molecule has 1 aromatic carbocycles. The van der Waals surface area contributed by atoms with Crippen molar-refractivity contribution in [3.8, 4) is 0 Å². The Labute approximate surface area is 167 Å². The fraction of sp³-hybridized carbons (Fsp3) is 0.714. The predicted octanol–water partition coefficient (Wildman–Crippen LogP) is 6.25. The summed E-state index contributed by atoms with van der Waals surface area (Å²) >= 11 is 11.8. The van der Waals surface area contributed by atoms with Crippen LogP contribution in [0.3, 0.4) is 0 Å². The Morgan fingerprint density at radius 3 is 2.19 bits per heavy atom. The molecule has 1 aromatic rings. The lowest BCUT2D eigenvalue weighted by Crippen LogP contribution is -2.47. The SMILES string of the molecule is CCC[C@H]1CC[C@H](CCN2CCN(c3ccc(Cl)c(Cl)c3F)CC2)CC1. The van der Waals surface area contributed by atoms with Gasteiger partial charge >= 0.3 is 0 Å². The molecule has 0 atom stereocenters. The molecule has 26 heavy (non-hydrogen) atoms. The fourth-order valence-corrected chi connectivity index (χ4v) is 4.86. The van der Waals surface area contributed by atoms with Gasteiger partial charge in [0.1, 0.15) is 0 Å². The summed E-state index contributed by atoms with van der Waals surface area (Å²) in [5.41, 5.74) is 0.577. The van der Waals surface area contributed by atoms with Crippen molar-refractivity contribution in [1.82, 2.24) is 4.90 Å². The van der Waals surface area contributed by atoms with Gasteiger partial charge in [0.2, 0.25) is 0 Å². The van der Waals surface area contributed by atoms with E-state index in [2.05, 4.69) is 16.7 Å². The van der Waals surface area contributed by atoms with Gasteiger partial charge in [0, 0.05) is 26.2 Å². The summed E-state index contributed by atoms with van der Waals surface area (Å²) in [6, 6.07) is 3.43. The van der Waals surface area contributed by atoms with Gasteiger partial charge in [-0.15, -0.1) is 0 Å². The van der Waals surface area contributed by atoms with Gasteiger partial charge in [-0.05, 0) is 36.9 Å². The van der Waals surface area contributed by atoms with Crippen molar-refractivity contribution < 1.29 is 4.39 Å². The number of rotatable bonds is 6.